The molecule has 1 atom stereocenters. The summed E-state index contributed by atoms with van der Waals surface area (Å²) in [6.45, 7) is 3.95. The zero-order valence-electron chi connectivity index (χ0n) is 14.9. The third kappa shape index (κ3) is 4.88. The monoisotopic (exact) mass is 356 g/mol. The van der Waals surface area contributed by atoms with Crippen molar-refractivity contribution in [3.05, 3.63) is 54.0 Å². The van der Waals surface area contributed by atoms with Crippen molar-refractivity contribution in [3.8, 4) is 5.75 Å². The van der Waals surface area contributed by atoms with E-state index in [9.17, 15) is 9.59 Å². The third-order valence-electron chi connectivity index (χ3n) is 4.39. The molecule has 0 aliphatic carbocycles. The lowest BCUT2D eigenvalue weighted by Crippen LogP contribution is -2.33. The van der Waals surface area contributed by atoms with Crippen molar-refractivity contribution in [1.29, 1.82) is 0 Å². The Labute approximate surface area is 153 Å². The van der Waals surface area contributed by atoms with Crippen molar-refractivity contribution in [2.75, 3.05) is 19.7 Å². The highest BCUT2D eigenvalue weighted by atomic mass is 16.5. The summed E-state index contributed by atoms with van der Waals surface area (Å²) in [5, 5.41) is 2.90. The Morgan fingerprint density at radius 1 is 1.35 bits per heavy atom. The summed E-state index contributed by atoms with van der Waals surface area (Å²) in [5.41, 5.74) is 1.15. The average molecular weight is 356 g/mol. The van der Waals surface area contributed by atoms with Gasteiger partial charge in [0.25, 0.3) is 0 Å². The number of carbonyl (C=O) groups excluding carboxylic acids is 2. The van der Waals surface area contributed by atoms with Crippen LogP contribution in [-0.4, -0.2) is 36.4 Å². The van der Waals surface area contributed by atoms with E-state index >= 15 is 0 Å². The number of aryl methyl sites for hydroxylation is 1. The summed E-state index contributed by atoms with van der Waals surface area (Å²) in [7, 11) is 0. The molecule has 2 amide bonds. The fraction of sp³-hybridized carbons (Fsp3) is 0.400. The van der Waals surface area contributed by atoms with Gasteiger partial charge in [-0.15, -0.1) is 0 Å². The second-order valence-corrected chi connectivity index (χ2v) is 6.56. The number of likely N-dealkylation sites (tertiary alicyclic amines) is 1. The molecule has 1 aromatic heterocycles. The average Bonchev–Trinajstić information content (AvgIpc) is 3.25. The van der Waals surface area contributed by atoms with Gasteiger partial charge in [-0.1, -0.05) is 12.1 Å². The highest BCUT2D eigenvalue weighted by Crippen LogP contribution is 2.20. The van der Waals surface area contributed by atoms with Gasteiger partial charge < -0.3 is 19.4 Å². The van der Waals surface area contributed by atoms with Gasteiger partial charge in [-0.25, -0.2) is 0 Å². The molecule has 138 valence electrons. The van der Waals surface area contributed by atoms with Crippen LogP contribution in [0.3, 0.4) is 0 Å². The van der Waals surface area contributed by atoms with Crippen molar-refractivity contribution in [3.63, 3.8) is 0 Å². The maximum atomic E-state index is 12.3. The predicted molar refractivity (Wildman–Crippen MR) is 96.5 cm³/mol. The van der Waals surface area contributed by atoms with E-state index in [2.05, 4.69) is 5.32 Å². The molecule has 2 heterocycles. The van der Waals surface area contributed by atoms with E-state index in [1.54, 1.807) is 17.2 Å². The standard InChI is InChI=1S/C20H24N2O4/c1-15-5-2-6-17(11-15)25-10-4-8-21-20(24)16-12-19(23)22(13-16)14-18-7-3-9-26-18/h2-3,5-7,9,11,16H,4,8,10,12-14H2,1H3,(H,21,24). The molecule has 1 aliphatic rings. The number of benzene rings is 1. The van der Waals surface area contributed by atoms with E-state index in [1.165, 1.54) is 0 Å². The van der Waals surface area contributed by atoms with E-state index in [-0.39, 0.29) is 24.2 Å². The van der Waals surface area contributed by atoms with E-state index in [1.807, 2.05) is 37.3 Å². The minimum Gasteiger partial charge on any atom is -0.494 e. The van der Waals surface area contributed by atoms with Crippen LogP contribution in [0, 0.1) is 12.8 Å². The molecule has 0 radical (unpaired) electrons. The highest BCUT2D eigenvalue weighted by molar-refractivity contribution is 5.89. The lowest BCUT2D eigenvalue weighted by atomic mass is 10.1. The molecule has 0 spiro atoms. The SMILES string of the molecule is Cc1cccc(OCCCNC(=O)C2CC(=O)N(Cc3ccco3)C2)c1. The van der Waals surface area contributed by atoms with Gasteiger partial charge in [-0.3, -0.25) is 9.59 Å². The first-order chi connectivity index (χ1) is 12.6. The van der Waals surface area contributed by atoms with E-state index < -0.39 is 0 Å². The molecule has 0 saturated carbocycles. The molecule has 1 aliphatic heterocycles. The quantitative estimate of drug-likeness (QED) is 0.738. The summed E-state index contributed by atoms with van der Waals surface area (Å²) >= 11 is 0. The molecule has 26 heavy (non-hydrogen) atoms. The fourth-order valence-electron chi connectivity index (χ4n) is 3.01. The highest BCUT2D eigenvalue weighted by Gasteiger charge is 2.34. The normalized spacial score (nSPS) is 16.7. The minimum atomic E-state index is -0.296. The van der Waals surface area contributed by atoms with Crippen LogP contribution in [0.2, 0.25) is 0 Å². The summed E-state index contributed by atoms with van der Waals surface area (Å²) in [4.78, 5) is 26.0. The summed E-state index contributed by atoms with van der Waals surface area (Å²) < 4.78 is 10.9. The molecule has 2 aromatic rings. The zero-order chi connectivity index (χ0) is 18.4. The maximum absolute atomic E-state index is 12.3. The van der Waals surface area contributed by atoms with Gasteiger partial charge in [0.05, 0.1) is 25.3 Å². The number of nitrogens with zero attached hydrogens (tertiary/aromatic N) is 1. The Morgan fingerprint density at radius 2 is 2.23 bits per heavy atom. The molecule has 0 bridgehead atoms. The first-order valence-corrected chi connectivity index (χ1v) is 8.89. The van der Waals surface area contributed by atoms with Crippen LogP contribution in [0.15, 0.2) is 47.1 Å². The Kier molecular flexibility index (Phi) is 5.94. The number of ether oxygens (including phenoxy) is 1. The number of nitrogens with one attached hydrogen (secondary N) is 1. The van der Waals surface area contributed by atoms with Gasteiger partial charge in [-0.2, -0.15) is 0 Å². The number of rotatable bonds is 8. The number of carbonyl (C=O) groups is 2. The molecule has 3 rings (SSSR count). The molecular formula is C20H24N2O4. The number of hydrogen-bond acceptors (Lipinski definition) is 4. The fourth-order valence-corrected chi connectivity index (χ4v) is 3.01. The van der Waals surface area contributed by atoms with Crippen LogP contribution in [0.5, 0.6) is 5.75 Å². The Bertz CT molecular complexity index is 742. The Balaban J connectivity index is 1.35. The third-order valence-corrected chi connectivity index (χ3v) is 4.39. The van der Waals surface area contributed by atoms with Crippen LogP contribution < -0.4 is 10.1 Å². The van der Waals surface area contributed by atoms with Crippen molar-refractivity contribution < 1.29 is 18.7 Å². The van der Waals surface area contributed by atoms with Gasteiger partial charge in [0.2, 0.25) is 11.8 Å². The van der Waals surface area contributed by atoms with E-state index in [0.29, 0.717) is 26.2 Å². The minimum absolute atomic E-state index is 0.00988. The Hall–Kier alpha value is -2.76. The van der Waals surface area contributed by atoms with Gasteiger partial charge in [0, 0.05) is 19.5 Å². The Morgan fingerprint density at radius 3 is 3.00 bits per heavy atom. The summed E-state index contributed by atoms with van der Waals surface area (Å²) in [6.07, 6.45) is 2.56. The van der Waals surface area contributed by atoms with Crippen molar-refractivity contribution in [2.24, 2.45) is 5.92 Å². The smallest absolute Gasteiger partial charge is 0.225 e. The van der Waals surface area contributed by atoms with Gasteiger partial charge in [0.1, 0.15) is 11.5 Å². The molecular weight excluding hydrogens is 332 g/mol. The molecule has 6 heteroatoms. The van der Waals surface area contributed by atoms with Crippen LogP contribution in [0.4, 0.5) is 0 Å². The molecule has 1 N–H and O–H groups in total. The molecule has 6 nitrogen and oxygen atoms in total. The first-order valence-electron chi connectivity index (χ1n) is 8.89. The summed E-state index contributed by atoms with van der Waals surface area (Å²) in [6, 6.07) is 11.5. The second kappa shape index (κ2) is 8.56. The van der Waals surface area contributed by atoms with Crippen LogP contribution in [0.1, 0.15) is 24.2 Å². The number of furan rings is 1. The largest absolute Gasteiger partial charge is 0.494 e. The van der Waals surface area contributed by atoms with Crippen molar-refractivity contribution in [1.82, 2.24) is 10.2 Å². The number of amides is 2. The molecule has 1 saturated heterocycles. The molecule has 1 unspecified atom stereocenters. The first kappa shape index (κ1) is 18.0. The van der Waals surface area contributed by atoms with Gasteiger partial charge >= 0.3 is 0 Å². The maximum Gasteiger partial charge on any atom is 0.225 e. The van der Waals surface area contributed by atoms with Gasteiger partial charge in [0.15, 0.2) is 0 Å². The topological polar surface area (TPSA) is 71.8 Å². The molecule has 1 fully saturated rings. The van der Waals surface area contributed by atoms with Crippen LogP contribution in [-0.2, 0) is 16.1 Å². The number of hydrogen-bond donors (Lipinski definition) is 1. The van der Waals surface area contributed by atoms with E-state index in [0.717, 1.165) is 23.5 Å². The lowest BCUT2D eigenvalue weighted by molar-refractivity contribution is -0.129. The van der Waals surface area contributed by atoms with Crippen LogP contribution in [0.25, 0.3) is 0 Å². The van der Waals surface area contributed by atoms with E-state index in [4.69, 9.17) is 9.15 Å². The zero-order valence-corrected chi connectivity index (χ0v) is 14.9. The summed E-state index contributed by atoms with van der Waals surface area (Å²) in [5.74, 6) is 1.19. The van der Waals surface area contributed by atoms with Crippen molar-refractivity contribution in [2.45, 2.75) is 26.3 Å². The second-order valence-electron chi connectivity index (χ2n) is 6.56. The van der Waals surface area contributed by atoms with Gasteiger partial charge in [-0.05, 0) is 43.2 Å². The lowest BCUT2D eigenvalue weighted by Gasteiger charge is -2.15. The van der Waals surface area contributed by atoms with Crippen LogP contribution >= 0.6 is 0 Å². The predicted octanol–water partition coefficient (Wildman–Crippen LogP) is 2.52. The van der Waals surface area contributed by atoms with Crippen molar-refractivity contribution >= 4 is 11.8 Å². The molecule has 1 aromatic carbocycles.